The van der Waals surface area contributed by atoms with Gasteiger partial charge in [0.05, 0.1) is 4.92 Å². The summed E-state index contributed by atoms with van der Waals surface area (Å²) < 4.78 is 0. The van der Waals surface area contributed by atoms with Crippen molar-refractivity contribution in [3.05, 3.63) is 88.2 Å². The second-order valence-electron chi connectivity index (χ2n) is 7.50. The number of benzene rings is 2. The SMILES string of the molecule is O=[N+]([O-])c1c(N2CCCCC2)ncnc1N(Cc1ccccc1)Cc1ccccc1. The summed E-state index contributed by atoms with van der Waals surface area (Å²) in [7, 11) is 0. The summed E-state index contributed by atoms with van der Waals surface area (Å²) in [6.45, 7) is 2.61. The highest BCUT2D eigenvalue weighted by molar-refractivity contribution is 5.71. The molecule has 0 unspecified atom stereocenters. The Bertz CT molecular complexity index is 934. The first-order valence-electron chi connectivity index (χ1n) is 10.3. The Balaban J connectivity index is 1.75. The fourth-order valence-corrected chi connectivity index (χ4v) is 3.91. The van der Waals surface area contributed by atoms with Crippen LogP contribution in [0.4, 0.5) is 17.3 Å². The molecule has 0 bridgehead atoms. The molecule has 0 spiro atoms. The summed E-state index contributed by atoms with van der Waals surface area (Å²) in [6.07, 6.45) is 4.65. The summed E-state index contributed by atoms with van der Waals surface area (Å²) in [5, 5.41) is 12.2. The molecule has 0 aliphatic carbocycles. The Morgan fingerprint density at radius 3 is 1.97 bits per heavy atom. The summed E-state index contributed by atoms with van der Waals surface area (Å²) in [5.41, 5.74) is 2.13. The highest BCUT2D eigenvalue weighted by atomic mass is 16.6. The number of nitro groups is 1. The minimum Gasteiger partial charge on any atom is -0.351 e. The minimum absolute atomic E-state index is 0.00809. The zero-order valence-corrected chi connectivity index (χ0v) is 16.9. The van der Waals surface area contributed by atoms with Crippen molar-refractivity contribution in [1.82, 2.24) is 9.97 Å². The molecule has 0 N–H and O–H groups in total. The Hall–Kier alpha value is -3.48. The van der Waals surface area contributed by atoms with Crippen LogP contribution in [0.25, 0.3) is 0 Å². The van der Waals surface area contributed by atoms with Crippen molar-refractivity contribution in [1.29, 1.82) is 0 Å². The molecule has 3 aromatic rings. The van der Waals surface area contributed by atoms with Crippen molar-refractivity contribution in [2.45, 2.75) is 32.4 Å². The third-order valence-electron chi connectivity index (χ3n) is 5.35. The summed E-state index contributed by atoms with van der Waals surface area (Å²) in [6, 6.07) is 19.9. The predicted molar refractivity (Wildman–Crippen MR) is 118 cm³/mol. The van der Waals surface area contributed by atoms with Crippen molar-refractivity contribution in [2.75, 3.05) is 22.9 Å². The molecule has 7 heteroatoms. The van der Waals surface area contributed by atoms with Gasteiger partial charge in [-0.05, 0) is 30.4 Å². The van der Waals surface area contributed by atoms with Gasteiger partial charge in [0.25, 0.3) is 0 Å². The van der Waals surface area contributed by atoms with E-state index in [-0.39, 0.29) is 10.6 Å². The van der Waals surface area contributed by atoms with Crippen molar-refractivity contribution >= 4 is 17.3 Å². The first-order valence-corrected chi connectivity index (χ1v) is 10.3. The Kier molecular flexibility index (Phi) is 6.17. The molecule has 1 fully saturated rings. The number of hydrogen-bond donors (Lipinski definition) is 0. The second-order valence-corrected chi connectivity index (χ2v) is 7.50. The Labute approximate surface area is 176 Å². The molecule has 0 atom stereocenters. The molecule has 0 radical (unpaired) electrons. The van der Waals surface area contributed by atoms with Gasteiger partial charge in [0.1, 0.15) is 6.33 Å². The van der Waals surface area contributed by atoms with Crippen LogP contribution in [0.15, 0.2) is 67.0 Å². The van der Waals surface area contributed by atoms with Gasteiger partial charge in [-0.2, -0.15) is 0 Å². The van der Waals surface area contributed by atoms with Gasteiger partial charge in [0.15, 0.2) is 0 Å². The maximum atomic E-state index is 12.2. The number of anilines is 2. The molecule has 1 aliphatic heterocycles. The van der Waals surface area contributed by atoms with Gasteiger partial charge in [0.2, 0.25) is 11.6 Å². The van der Waals surface area contributed by atoms with Crippen LogP contribution in [-0.2, 0) is 13.1 Å². The molecule has 0 saturated carbocycles. The third kappa shape index (κ3) is 4.56. The van der Waals surface area contributed by atoms with Crippen LogP contribution in [0.2, 0.25) is 0 Å². The second kappa shape index (κ2) is 9.35. The van der Waals surface area contributed by atoms with E-state index in [1.165, 1.54) is 6.33 Å². The van der Waals surface area contributed by atoms with Gasteiger partial charge in [-0.3, -0.25) is 10.1 Å². The smallest absolute Gasteiger partial charge is 0.351 e. The van der Waals surface area contributed by atoms with Gasteiger partial charge in [-0.25, -0.2) is 9.97 Å². The molecular weight excluding hydrogens is 378 g/mol. The minimum atomic E-state index is -0.331. The van der Waals surface area contributed by atoms with E-state index in [0.717, 1.165) is 43.5 Å². The maximum Gasteiger partial charge on any atom is 0.353 e. The molecule has 4 rings (SSSR count). The number of hydrogen-bond acceptors (Lipinski definition) is 6. The molecule has 2 aromatic carbocycles. The third-order valence-corrected chi connectivity index (χ3v) is 5.35. The van der Waals surface area contributed by atoms with Gasteiger partial charge < -0.3 is 9.80 Å². The quantitative estimate of drug-likeness (QED) is 0.424. The van der Waals surface area contributed by atoms with Crippen LogP contribution >= 0.6 is 0 Å². The number of aromatic nitrogens is 2. The maximum absolute atomic E-state index is 12.2. The van der Waals surface area contributed by atoms with Crippen molar-refractivity contribution in [2.24, 2.45) is 0 Å². The average Bonchev–Trinajstić information content (AvgIpc) is 2.80. The standard InChI is InChI=1S/C23H25N5O2/c29-28(30)21-22(26-14-8-3-9-15-26)24-18-25-23(21)27(16-19-10-4-1-5-11-19)17-20-12-6-2-7-13-20/h1-2,4-7,10-13,18H,3,8-9,14-17H2. The molecule has 154 valence electrons. The lowest BCUT2D eigenvalue weighted by atomic mass is 10.1. The van der Waals surface area contributed by atoms with E-state index in [1.54, 1.807) is 0 Å². The molecule has 7 nitrogen and oxygen atoms in total. The van der Waals surface area contributed by atoms with Crippen molar-refractivity contribution < 1.29 is 4.92 Å². The molecule has 0 amide bonds. The fraction of sp³-hybridized carbons (Fsp3) is 0.304. The zero-order valence-electron chi connectivity index (χ0n) is 16.9. The van der Waals surface area contributed by atoms with Crippen LogP contribution in [0.3, 0.4) is 0 Å². The van der Waals surface area contributed by atoms with Crippen LogP contribution in [0.5, 0.6) is 0 Å². The van der Waals surface area contributed by atoms with Crippen molar-refractivity contribution in [3.8, 4) is 0 Å². The lowest BCUT2D eigenvalue weighted by Crippen LogP contribution is -2.32. The highest BCUT2D eigenvalue weighted by Crippen LogP contribution is 2.36. The first-order chi connectivity index (χ1) is 14.7. The van der Waals surface area contributed by atoms with Crippen molar-refractivity contribution in [3.63, 3.8) is 0 Å². The lowest BCUT2D eigenvalue weighted by molar-refractivity contribution is -0.383. The normalized spacial score (nSPS) is 13.8. The van der Waals surface area contributed by atoms with E-state index >= 15 is 0 Å². The van der Waals surface area contributed by atoms with E-state index in [0.29, 0.717) is 24.7 Å². The number of nitrogens with zero attached hydrogens (tertiary/aromatic N) is 5. The molecule has 2 heterocycles. The van der Waals surface area contributed by atoms with Crippen LogP contribution in [0, 0.1) is 10.1 Å². The molecule has 1 aliphatic rings. The Morgan fingerprint density at radius 2 is 1.43 bits per heavy atom. The van der Waals surface area contributed by atoms with Gasteiger partial charge in [-0.1, -0.05) is 60.7 Å². The van der Waals surface area contributed by atoms with Gasteiger partial charge in [0, 0.05) is 26.2 Å². The highest BCUT2D eigenvalue weighted by Gasteiger charge is 2.30. The first kappa shape index (κ1) is 19.8. The molecule has 30 heavy (non-hydrogen) atoms. The topological polar surface area (TPSA) is 75.4 Å². The fourth-order valence-electron chi connectivity index (χ4n) is 3.91. The zero-order chi connectivity index (χ0) is 20.8. The average molecular weight is 403 g/mol. The monoisotopic (exact) mass is 403 g/mol. The van der Waals surface area contributed by atoms with E-state index < -0.39 is 0 Å². The van der Waals surface area contributed by atoms with Gasteiger partial charge in [-0.15, -0.1) is 0 Å². The molecule has 1 aromatic heterocycles. The summed E-state index contributed by atoms with van der Waals surface area (Å²) >= 11 is 0. The van der Waals surface area contributed by atoms with Crippen LogP contribution < -0.4 is 9.80 Å². The number of rotatable bonds is 7. The summed E-state index contributed by atoms with van der Waals surface area (Å²) in [4.78, 5) is 24.6. The van der Waals surface area contributed by atoms with E-state index in [4.69, 9.17) is 0 Å². The summed E-state index contributed by atoms with van der Waals surface area (Å²) in [5.74, 6) is 0.791. The number of piperidine rings is 1. The Morgan fingerprint density at radius 1 is 0.867 bits per heavy atom. The van der Waals surface area contributed by atoms with Crippen LogP contribution in [-0.4, -0.2) is 28.0 Å². The molecule has 1 saturated heterocycles. The van der Waals surface area contributed by atoms with E-state index in [9.17, 15) is 10.1 Å². The van der Waals surface area contributed by atoms with E-state index in [2.05, 4.69) is 9.97 Å². The predicted octanol–water partition coefficient (Wildman–Crippen LogP) is 4.58. The van der Waals surface area contributed by atoms with Gasteiger partial charge >= 0.3 is 5.69 Å². The molecular formula is C23H25N5O2. The lowest BCUT2D eigenvalue weighted by Gasteiger charge is -2.29. The largest absolute Gasteiger partial charge is 0.353 e. The van der Waals surface area contributed by atoms with E-state index in [1.807, 2.05) is 70.5 Å². The van der Waals surface area contributed by atoms with Crippen LogP contribution in [0.1, 0.15) is 30.4 Å².